The highest BCUT2D eigenvalue weighted by Crippen LogP contribution is 2.19. The molecule has 2 aromatic rings. The number of aliphatic hydroxyl groups is 1. The summed E-state index contributed by atoms with van der Waals surface area (Å²) in [4.78, 5) is 16.5. The number of aliphatic hydroxyl groups excluding tert-OH is 1. The minimum atomic E-state index is -4.05. The van der Waals surface area contributed by atoms with Gasteiger partial charge in [0.05, 0.1) is 5.52 Å². The topological polar surface area (TPSA) is 127 Å². The van der Waals surface area contributed by atoms with E-state index in [1.54, 1.807) is 25.3 Å². The van der Waals surface area contributed by atoms with Crippen molar-refractivity contribution in [3.8, 4) is 0 Å². The quantitative estimate of drug-likeness (QED) is 0.695. The Morgan fingerprint density at radius 2 is 2.17 bits per heavy atom. The molecule has 0 aromatic carbocycles. The standard InChI is InChI=1S/C14H20N4O4S/c1-3-14(2,7-9-19)17-12(20)11-16-13(23(15,21)22)10-6-4-5-8-18(10)11/h4-6,8,19H,3,7,9H2,1-2H3,(H,17,20)(H2,15,21,22). The normalized spacial score (nSPS) is 14.6. The summed E-state index contributed by atoms with van der Waals surface area (Å²) in [5.41, 5.74) is -0.380. The smallest absolute Gasteiger partial charge is 0.288 e. The second kappa shape index (κ2) is 6.26. The molecule has 0 aliphatic rings. The summed E-state index contributed by atoms with van der Waals surface area (Å²) in [7, 11) is -4.05. The van der Waals surface area contributed by atoms with Crippen molar-refractivity contribution in [2.75, 3.05) is 6.61 Å². The van der Waals surface area contributed by atoms with Gasteiger partial charge in [0.1, 0.15) is 0 Å². The van der Waals surface area contributed by atoms with Gasteiger partial charge in [-0.25, -0.2) is 18.5 Å². The lowest BCUT2D eigenvalue weighted by atomic mass is 9.95. The van der Waals surface area contributed by atoms with E-state index in [4.69, 9.17) is 10.2 Å². The third kappa shape index (κ3) is 3.52. The summed E-state index contributed by atoms with van der Waals surface area (Å²) >= 11 is 0. The van der Waals surface area contributed by atoms with E-state index in [1.807, 2.05) is 6.92 Å². The number of hydrogen-bond acceptors (Lipinski definition) is 5. The third-order valence-corrected chi connectivity index (χ3v) is 4.69. The SMILES string of the molecule is CCC(C)(CCO)NC(=O)c1nc(S(N)(=O)=O)c2ccccn12. The molecular formula is C14H20N4O4S. The van der Waals surface area contributed by atoms with Gasteiger partial charge < -0.3 is 10.4 Å². The number of amides is 1. The summed E-state index contributed by atoms with van der Waals surface area (Å²) in [6, 6.07) is 4.82. The number of rotatable bonds is 6. The summed E-state index contributed by atoms with van der Waals surface area (Å²) in [5, 5.41) is 16.8. The van der Waals surface area contributed by atoms with E-state index < -0.39 is 21.5 Å². The van der Waals surface area contributed by atoms with E-state index >= 15 is 0 Å². The Labute approximate surface area is 134 Å². The van der Waals surface area contributed by atoms with Crippen molar-refractivity contribution in [2.45, 2.75) is 37.3 Å². The number of nitrogens with zero attached hydrogens (tertiary/aromatic N) is 2. The molecule has 8 nitrogen and oxygen atoms in total. The largest absolute Gasteiger partial charge is 0.396 e. The van der Waals surface area contributed by atoms with Gasteiger partial charge in [-0.2, -0.15) is 0 Å². The van der Waals surface area contributed by atoms with Gasteiger partial charge in [-0.05, 0) is 31.9 Å². The Hall–Kier alpha value is -1.97. The molecule has 2 rings (SSSR count). The predicted octanol–water partition coefficient (Wildman–Crippen LogP) is 0.263. The number of aromatic nitrogens is 2. The van der Waals surface area contributed by atoms with Crippen LogP contribution < -0.4 is 10.5 Å². The molecule has 1 unspecified atom stereocenters. The van der Waals surface area contributed by atoms with Gasteiger partial charge in [-0.15, -0.1) is 0 Å². The van der Waals surface area contributed by atoms with Crippen LogP contribution in [-0.2, 0) is 10.0 Å². The molecule has 2 aromatic heterocycles. The number of sulfonamides is 1. The van der Waals surface area contributed by atoms with Crippen LogP contribution in [0.15, 0.2) is 29.4 Å². The van der Waals surface area contributed by atoms with E-state index in [-0.39, 0.29) is 23.0 Å². The van der Waals surface area contributed by atoms with Crippen LogP contribution >= 0.6 is 0 Å². The van der Waals surface area contributed by atoms with Crippen LogP contribution in [-0.4, -0.2) is 41.0 Å². The van der Waals surface area contributed by atoms with Crippen LogP contribution in [0.25, 0.3) is 5.52 Å². The third-order valence-electron chi connectivity index (χ3n) is 3.85. The molecule has 0 bridgehead atoms. The number of carbonyl (C=O) groups is 1. The molecule has 126 valence electrons. The van der Waals surface area contributed by atoms with Crippen LogP contribution in [0.5, 0.6) is 0 Å². The van der Waals surface area contributed by atoms with Gasteiger partial charge in [0.2, 0.25) is 5.82 Å². The number of primary sulfonamides is 1. The number of fused-ring (bicyclic) bond motifs is 1. The number of hydrogen-bond donors (Lipinski definition) is 3. The molecule has 4 N–H and O–H groups in total. The molecule has 1 amide bonds. The lowest BCUT2D eigenvalue weighted by molar-refractivity contribution is 0.0874. The molecule has 0 spiro atoms. The Balaban J connectivity index is 2.50. The van der Waals surface area contributed by atoms with Gasteiger partial charge in [0, 0.05) is 18.3 Å². The maximum atomic E-state index is 12.5. The van der Waals surface area contributed by atoms with E-state index in [0.29, 0.717) is 12.8 Å². The molecule has 1 atom stereocenters. The zero-order valence-corrected chi connectivity index (χ0v) is 13.8. The zero-order valence-electron chi connectivity index (χ0n) is 13.0. The van der Waals surface area contributed by atoms with Gasteiger partial charge >= 0.3 is 0 Å². The fourth-order valence-corrected chi connectivity index (χ4v) is 2.95. The summed E-state index contributed by atoms with van der Waals surface area (Å²) in [6.07, 6.45) is 2.52. The van der Waals surface area contributed by atoms with E-state index in [0.717, 1.165) is 0 Å². The highest BCUT2D eigenvalue weighted by atomic mass is 32.2. The summed E-state index contributed by atoms with van der Waals surface area (Å²) in [6.45, 7) is 3.61. The Bertz CT molecular complexity index is 830. The number of nitrogens with one attached hydrogen (secondary N) is 1. The first-order valence-electron chi connectivity index (χ1n) is 7.15. The van der Waals surface area contributed by atoms with E-state index in [9.17, 15) is 13.2 Å². The van der Waals surface area contributed by atoms with Gasteiger partial charge in [0.15, 0.2) is 5.03 Å². The van der Waals surface area contributed by atoms with E-state index in [1.165, 1.54) is 10.5 Å². The second-order valence-electron chi connectivity index (χ2n) is 5.58. The van der Waals surface area contributed by atoms with Crippen LogP contribution in [0.1, 0.15) is 37.3 Å². The molecule has 0 aliphatic carbocycles. The molecule has 0 saturated carbocycles. The van der Waals surface area contributed by atoms with Crippen molar-refractivity contribution < 1.29 is 18.3 Å². The van der Waals surface area contributed by atoms with Gasteiger partial charge in [0.25, 0.3) is 15.9 Å². The number of carbonyl (C=O) groups excluding carboxylic acids is 1. The minimum absolute atomic E-state index is 0.0674. The minimum Gasteiger partial charge on any atom is -0.396 e. The molecule has 0 saturated heterocycles. The first-order chi connectivity index (χ1) is 10.7. The molecule has 0 radical (unpaired) electrons. The Morgan fingerprint density at radius 1 is 1.48 bits per heavy atom. The molecule has 0 aliphatic heterocycles. The van der Waals surface area contributed by atoms with Crippen LogP contribution in [0.3, 0.4) is 0 Å². The average molecular weight is 340 g/mol. The molecule has 9 heteroatoms. The number of nitrogens with two attached hydrogens (primary N) is 1. The first kappa shape index (κ1) is 17.4. The van der Waals surface area contributed by atoms with Crippen LogP contribution in [0.2, 0.25) is 0 Å². The monoisotopic (exact) mass is 340 g/mol. The van der Waals surface area contributed by atoms with Crippen molar-refractivity contribution in [2.24, 2.45) is 5.14 Å². The fourth-order valence-electron chi connectivity index (χ4n) is 2.28. The highest BCUT2D eigenvalue weighted by molar-refractivity contribution is 7.89. The van der Waals surface area contributed by atoms with Crippen molar-refractivity contribution in [3.63, 3.8) is 0 Å². The zero-order chi connectivity index (χ0) is 17.3. The van der Waals surface area contributed by atoms with Gasteiger partial charge in [-0.1, -0.05) is 13.0 Å². The molecule has 2 heterocycles. The Morgan fingerprint density at radius 3 is 2.74 bits per heavy atom. The molecule has 0 fully saturated rings. The predicted molar refractivity (Wildman–Crippen MR) is 84.4 cm³/mol. The number of imidazole rings is 1. The van der Waals surface area contributed by atoms with Crippen molar-refractivity contribution in [3.05, 3.63) is 30.2 Å². The fraction of sp³-hybridized carbons (Fsp3) is 0.429. The summed E-state index contributed by atoms with van der Waals surface area (Å²) < 4.78 is 24.7. The maximum absolute atomic E-state index is 12.5. The van der Waals surface area contributed by atoms with Crippen molar-refractivity contribution >= 4 is 21.4 Å². The maximum Gasteiger partial charge on any atom is 0.288 e. The van der Waals surface area contributed by atoms with E-state index in [2.05, 4.69) is 10.3 Å². The van der Waals surface area contributed by atoms with Crippen LogP contribution in [0, 0.1) is 0 Å². The van der Waals surface area contributed by atoms with Crippen molar-refractivity contribution in [1.29, 1.82) is 0 Å². The molecular weight excluding hydrogens is 320 g/mol. The molecule has 23 heavy (non-hydrogen) atoms. The lowest BCUT2D eigenvalue weighted by Crippen LogP contribution is -2.46. The van der Waals surface area contributed by atoms with Gasteiger partial charge in [-0.3, -0.25) is 9.20 Å². The summed E-state index contributed by atoms with van der Waals surface area (Å²) in [5.74, 6) is -0.596. The van der Waals surface area contributed by atoms with Crippen molar-refractivity contribution in [1.82, 2.24) is 14.7 Å². The first-order valence-corrected chi connectivity index (χ1v) is 8.70. The van der Waals surface area contributed by atoms with Crippen LogP contribution in [0.4, 0.5) is 0 Å². The lowest BCUT2D eigenvalue weighted by Gasteiger charge is -2.28. The average Bonchev–Trinajstić information content (AvgIpc) is 2.87. The number of pyridine rings is 1. The second-order valence-corrected chi connectivity index (χ2v) is 7.06. The highest BCUT2D eigenvalue weighted by Gasteiger charge is 2.28. The Kier molecular flexibility index (Phi) is 4.73.